The molecule has 0 saturated heterocycles. The van der Waals surface area contributed by atoms with E-state index in [1.54, 1.807) is 0 Å². The fraction of sp³-hybridized carbons (Fsp3) is 0.750. The molecule has 1 heterocycles. The lowest BCUT2D eigenvalue weighted by atomic mass is 9.64. The molecule has 0 aliphatic heterocycles. The van der Waals surface area contributed by atoms with Crippen molar-refractivity contribution in [2.75, 3.05) is 0 Å². The molecule has 2 unspecified atom stereocenters. The fourth-order valence-electron chi connectivity index (χ4n) is 2.07. The van der Waals surface area contributed by atoms with Gasteiger partial charge in [0.25, 0.3) is 0 Å². The number of rotatable bonds is 3. The van der Waals surface area contributed by atoms with Gasteiger partial charge in [0, 0.05) is 11.5 Å². The van der Waals surface area contributed by atoms with E-state index in [-0.39, 0.29) is 11.5 Å². The van der Waals surface area contributed by atoms with Crippen LogP contribution in [0.5, 0.6) is 0 Å². The lowest BCUT2D eigenvalue weighted by Gasteiger charge is -2.49. The first-order valence-corrected chi connectivity index (χ1v) is 5.75. The summed E-state index contributed by atoms with van der Waals surface area (Å²) in [6.45, 7) is 8.65. The summed E-state index contributed by atoms with van der Waals surface area (Å²) in [6.07, 6.45) is 0.615. The summed E-state index contributed by atoms with van der Waals surface area (Å²) in [4.78, 5) is 4.32. The number of nitrogens with zero attached hydrogens (tertiary/aromatic N) is 1. The first-order chi connectivity index (χ1) is 7.41. The van der Waals surface area contributed by atoms with Crippen LogP contribution in [0.25, 0.3) is 0 Å². The monoisotopic (exact) mass is 224 g/mol. The van der Waals surface area contributed by atoms with Gasteiger partial charge in [0.05, 0.1) is 18.3 Å². The quantitative estimate of drug-likeness (QED) is 0.817. The molecule has 2 rings (SSSR count). The lowest BCUT2D eigenvalue weighted by molar-refractivity contribution is -0.0735. The summed E-state index contributed by atoms with van der Waals surface area (Å²) in [5.74, 6) is 1.61. The summed E-state index contributed by atoms with van der Waals surface area (Å²) in [5.41, 5.74) is 0.904. The molecule has 16 heavy (non-hydrogen) atoms. The Morgan fingerprint density at radius 3 is 2.62 bits per heavy atom. The van der Waals surface area contributed by atoms with E-state index in [2.05, 4.69) is 24.1 Å². The van der Waals surface area contributed by atoms with Crippen LogP contribution >= 0.6 is 0 Å². The number of aromatic nitrogens is 1. The molecule has 0 aromatic carbocycles. The van der Waals surface area contributed by atoms with Crippen LogP contribution in [0.15, 0.2) is 4.42 Å². The van der Waals surface area contributed by atoms with Gasteiger partial charge >= 0.3 is 0 Å². The van der Waals surface area contributed by atoms with Gasteiger partial charge in [0.15, 0.2) is 0 Å². The van der Waals surface area contributed by atoms with Gasteiger partial charge in [-0.25, -0.2) is 4.98 Å². The maximum Gasteiger partial charge on any atom is 0.208 e. The number of aryl methyl sites for hydroxylation is 2. The van der Waals surface area contributed by atoms with E-state index in [1.807, 2.05) is 13.8 Å². The molecule has 1 aromatic heterocycles. The highest BCUT2D eigenvalue weighted by atomic mass is 16.4. The molecule has 0 amide bonds. The van der Waals surface area contributed by atoms with E-state index < -0.39 is 0 Å². The minimum absolute atomic E-state index is 0.0450. The molecule has 2 N–H and O–H groups in total. The fourth-order valence-corrected chi connectivity index (χ4v) is 2.07. The molecule has 0 radical (unpaired) electrons. The lowest BCUT2D eigenvalue weighted by Crippen LogP contribution is -2.59. The maximum absolute atomic E-state index is 9.61. The van der Waals surface area contributed by atoms with Crippen molar-refractivity contribution in [1.29, 1.82) is 0 Å². The zero-order chi connectivity index (χ0) is 11.9. The molecule has 4 nitrogen and oxygen atoms in total. The molecule has 2 atom stereocenters. The van der Waals surface area contributed by atoms with E-state index >= 15 is 0 Å². The van der Waals surface area contributed by atoms with Crippen molar-refractivity contribution < 1.29 is 9.52 Å². The van der Waals surface area contributed by atoms with Crippen molar-refractivity contribution in [3.8, 4) is 0 Å². The van der Waals surface area contributed by atoms with Crippen molar-refractivity contribution in [2.24, 2.45) is 5.41 Å². The van der Waals surface area contributed by atoms with Crippen molar-refractivity contribution in [1.82, 2.24) is 10.3 Å². The third-order valence-corrected chi connectivity index (χ3v) is 3.79. The van der Waals surface area contributed by atoms with Gasteiger partial charge in [0.1, 0.15) is 5.76 Å². The average molecular weight is 224 g/mol. The van der Waals surface area contributed by atoms with Crippen LogP contribution in [0.3, 0.4) is 0 Å². The molecule has 1 aliphatic carbocycles. The van der Waals surface area contributed by atoms with Gasteiger partial charge in [-0.05, 0) is 20.3 Å². The van der Waals surface area contributed by atoms with Crippen LogP contribution in [0, 0.1) is 19.3 Å². The SMILES string of the molecule is Cc1nc(CNC2CC(O)C2(C)C)oc1C. The third-order valence-electron chi connectivity index (χ3n) is 3.79. The minimum Gasteiger partial charge on any atom is -0.444 e. The van der Waals surface area contributed by atoms with E-state index in [9.17, 15) is 5.11 Å². The Balaban J connectivity index is 1.89. The molecule has 0 bridgehead atoms. The van der Waals surface area contributed by atoms with E-state index in [0.717, 1.165) is 23.8 Å². The van der Waals surface area contributed by atoms with Gasteiger partial charge < -0.3 is 14.8 Å². The van der Waals surface area contributed by atoms with Crippen molar-refractivity contribution in [3.05, 3.63) is 17.3 Å². The maximum atomic E-state index is 9.61. The highest BCUT2D eigenvalue weighted by Gasteiger charge is 2.46. The van der Waals surface area contributed by atoms with E-state index in [1.165, 1.54) is 0 Å². The number of oxazole rings is 1. The Bertz CT molecular complexity index is 365. The summed E-state index contributed by atoms with van der Waals surface area (Å²) in [5, 5.41) is 13.0. The second kappa shape index (κ2) is 3.86. The Morgan fingerprint density at radius 2 is 2.19 bits per heavy atom. The largest absolute Gasteiger partial charge is 0.444 e. The standard InChI is InChI=1S/C12H20N2O2/c1-7-8(2)16-11(14-7)6-13-9-5-10(15)12(9,3)4/h9-10,13,15H,5-6H2,1-4H3. The van der Waals surface area contributed by atoms with E-state index in [4.69, 9.17) is 4.42 Å². The van der Waals surface area contributed by atoms with Gasteiger partial charge in [-0.1, -0.05) is 13.8 Å². The topological polar surface area (TPSA) is 58.3 Å². The Hall–Kier alpha value is -0.870. The van der Waals surface area contributed by atoms with Gasteiger partial charge in [-0.2, -0.15) is 0 Å². The van der Waals surface area contributed by atoms with Gasteiger partial charge in [-0.15, -0.1) is 0 Å². The number of hydrogen-bond acceptors (Lipinski definition) is 4. The molecule has 90 valence electrons. The van der Waals surface area contributed by atoms with Crippen LogP contribution in [0.4, 0.5) is 0 Å². The molecule has 4 heteroatoms. The third kappa shape index (κ3) is 1.87. The second-order valence-electron chi connectivity index (χ2n) is 5.26. The molecule has 1 fully saturated rings. The number of aliphatic hydroxyl groups excluding tert-OH is 1. The van der Waals surface area contributed by atoms with Crippen molar-refractivity contribution >= 4 is 0 Å². The smallest absolute Gasteiger partial charge is 0.208 e. The van der Waals surface area contributed by atoms with Crippen LogP contribution in [-0.2, 0) is 6.54 Å². The minimum atomic E-state index is -0.196. The van der Waals surface area contributed by atoms with Crippen LogP contribution in [0.2, 0.25) is 0 Å². The Kier molecular flexibility index (Phi) is 2.80. The first kappa shape index (κ1) is 11.6. The van der Waals surface area contributed by atoms with Gasteiger partial charge in [-0.3, -0.25) is 0 Å². The summed E-state index contributed by atoms with van der Waals surface area (Å²) in [6, 6.07) is 0.343. The Morgan fingerprint density at radius 1 is 1.50 bits per heavy atom. The summed E-state index contributed by atoms with van der Waals surface area (Å²) in [7, 11) is 0. The number of aliphatic hydroxyl groups is 1. The highest BCUT2D eigenvalue weighted by Crippen LogP contribution is 2.40. The zero-order valence-corrected chi connectivity index (χ0v) is 10.4. The second-order valence-corrected chi connectivity index (χ2v) is 5.26. The molecule has 0 spiro atoms. The number of nitrogens with one attached hydrogen (secondary N) is 1. The van der Waals surface area contributed by atoms with Crippen LogP contribution < -0.4 is 5.32 Å². The summed E-state index contributed by atoms with van der Waals surface area (Å²) < 4.78 is 5.49. The Labute approximate surface area is 96.1 Å². The molecular formula is C12H20N2O2. The average Bonchev–Trinajstić information content (AvgIpc) is 2.53. The first-order valence-electron chi connectivity index (χ1n) is 5.75. The normalized spacial score (nSPS) is 27.8. The van der Waals surface area contributed by atoms with Crippen LogP contribution in [0.1, 0.15) is 37.6 Å². The number of hydrogen-bond donors (Lipinski definition) is 2. The zero-order valence-electron chi connectivity index (χ0n) is 10.4. The molecule has 1 aliphatic rings. The van der Waals surface area contributed by atoms with Crippen molar-refractivity contribution in [3.63, 3.8) is 0 Å². The van der Waals surface area contributed by atoms with E-state index in [0.29, 0.717) is 12.6 Å². The summed E-state index contributed by atoms with van der Waals surface area (Å²) >= 11 is 0. The highest BCUT2D eigenvalue weighted by molar-refractivity contribution is 5.06. The predicted octanol–water partition coefficient (Wildman–Crippen LogP) is 1.54. The molecule has 1 saturated carbocycles. The van der Waals surface area contributed by atoms with Gasteiger partial charge in [0.2, 0.25) is 5.89 Å². The van der Waals surface area contributed by atoms with Crippen molar-refractivity contribution in [2.45, 2.75) is 52.8 Å². The van der Waals surface area contributed by atoms with Crippen LogP contribution in [-0.4, -0.2) is 22.2 Å². The molecular weight excluding hydrogens is 204 g/mol. The predicted molar refractivity (Wildman–Crippen MR) is 61.0 cm³/mol. The molecule has 1 aromatic rings.